The van der Waals surface area contributed by atoms with Crippen LogP contribution in [0.3, 0.4) is 0 Å². The fourth-order valence-corrected chi connectivity index (χ4v) is 0.856. The van der Waals surface area contributed by atoms with Crippen molar-refractivity contribution >= 4 is 0 Å². The molecule has 0 unspecified atom stereocenters. The Morgan fingerprint density at radius 2 is 2.00 bits per heavy atom. The van der Waals surface area contributed by atoms with E-state index >= 15 is 0 Å². The Labute approximate surface area is 63.8 Å². The van der Waals surface area contributed by atoms with Crippen molar-refractivity contribution in [3.05, 3.63) is 35.6 Å². The van der Waals surface area contributed by atoms with Gasteiger partial charge >= 0.3 is 0 Å². The van der Waals surface area contributed by atoms with Crippen LogP contribution in [-0.2, 0) is 0 Å². The summed E-state index contributed by atoms with van der Waals surface area (Å²) in [4.78, 5) is 0. The van der Waals surface area contributed by atoms with E-state index in [0.29, 0.717) is 0 Å². The standard InChI is InChI=1S/C8H9F2N/c9-7-4-2-1-3-6(7)8(10)5-11/h1-4,8H,5,11H2/t8-/m0/s1. The molecule has 11 heavy (non-hydrogen) atoms. The predicted octanol–water partition coefficient (Wildman–Crippen LogP) is 1.79. The van der Waals surface area contributed by atoms with E-state index < -0.39 is 12.0 Å². The van der Waals surface area contributed by atoms with Gasteiger partial charge in [-0.1, -0.05) is 18.2 Å². The molecule has 0 aromatic heterocycles. The topological polar surface area (TPSA) is 26.0 Å². The molecule has 1 aromatic carbocycles. The quantitative estimate of drug-likeness (QED) is 0.695. The van der Waals surface area contributed by atoms with Crippen molar-refractivity contribution in [1.82, 2.24) is 0 Å². The molecule has 0 aliphatic rings. The Balaban J connectivity index is 2.93. The van der Waals surface area contributed by atoms with E-state index in [4.69, 9.17) is 5.73 Å². The number of nitrogens with two attached hydrogens (primary N) is 1. The largest absolute Gasteiger partial charge is 0.327 e. The molecule has 60 valence electrons. The number of hydrogen-bond acceptors (Lipinski definition) is 1. The van der Waals surface area contributed by atoms with E-state index in [-0.39, 0.29) is 12.1 Å². The van der Waals surface area contributed by atoms with Gasteiger partial charge in [0.1, 0.15) is 12.0 Å². The Morgan fingerprint density at radius 3 is 2.55 bits per heavy atom. The molecule has 1 rings (SSSR count). The zero-order valence-corrected chi connectivity index (χ0v) is 5.93. The zero-order chi connectivity index (χ0) is 8.27. The van der Waals surface area contributed by atoms with Crippen molar-refractivity contribution in [2.24, 2.45) is 5.73 Å². The second-order valence-corrected chi connectivity index (χ2v) is 2.22. The van der Waals surface area contributed by atoms with Gasteiger partial charge in [-0.05, 0) is 6.07 Å². The number of benzene rings is 1. The van der Waals surface area contributed by atoms with Gasteiger partial charge in [-0.3, -0.25) is 0 Å². The van der Waals surface area contributed by atoms with Gasteiger partial charge < -0.3 is 5.73 Å². The second kappa shape index (κ2) is 3.44. The van der Waals surface area contributed by atoms with E-state index in [1.165, 1.54) is 18.2 Å². The van der Waals surface area contributed by atoms with Crippen molar-refractivity contribution in [3.63, 3.8) is 0 Å². The van der Waals surface area contributed by atoms with Crippen LogP contribution in [0, 0.1) is 5.82 Å². The third-order valence-electron chi connectivity index (χ3n) is 1.45. The van der Waals surface area contributed by atoms with Crippen LogP contribution >= 0.6 is 0 Å². The summed E-state index contributed by atoms with van der Waals surface area (Å²) in [7, 11) is 0. The van der Waals surface area contributed by atoms with Gasteiger partial charge in [0.2, 0.25) is 0 Å². The Bertz CT molecular complexity index is 237. The van der Waals surface area contributed by atoms with Crippen LogP contribution in [0.5, 0.6) is 0 Å². The molecule has 0 saturated heterocycles. The van der Waals surface area contributed by atoms with Gasteiger partial charge in [-0.25, -0.2) is 8.78 Å². The lowest BCUT2D eigenvalue weighted by atomic mass is 10.1. The molecule has 0 heterocycles. The highest BCUT2D eigenvalue weighted by molar-refractivity contribution is 5.19. The average Bonchev–Trinajstić information content (AvgIpc) is 2.04. The van der Waals surface area contributed by atoms with Crippen LogP contribution in [0.25, 0.3) is 0 Å². The van der Waals surface area contributed by atoms with E-state index in [9.17, 15) is 8.78 Å². The average molecular weight is 157 g/mol. The number of alkyl halides is 1. The summed E-state index contributed by atoms with van der Waals surface area (Å²) in [5, 5.41) is 0. The van der Waals surface area contributed by atoms with Crippen molar-refractivity contribution in [3.8, 4) is 0 Å². The molecule has 0 aliphatic heterocycles. The number of hydrogen-bond donors (Lipinski definition) is 1. The Kier molecular flexibility index (Phi) is 2.54. The lowest BCUT2D eigenvalue weighted by Crippen LogP contribution is -2.08. The first-order valence-electron chi connectivity index (χ1n) is 3.34. The fourth-order valence-electron chi connectivity index (χ4n) is 0.856. The Hall–Kier alpha value is -0.960. The van der Waals surface area contributed by atoms with Crippen LogP contribution in [0.4, 0.5) is 8.78 Å². The van der Waals surface area contributed by atoms with E-state index in [1.54, 1.807) is 6.07 Å². The molecule has 0 spiro atoms. The van der Waals surface area contributed by atoms with E-state index in [0.717, 1.165) is 0 Å². The summed E-state index contributed by atoms with van der Waals surface area (Å²) in [6.07, 6.45) is -1.39. The molecule has 0 saturated carbocycles. The van der Waals surface area contributed by atoms with E-state index in [2.05, 4.69) is 0 Å². The van der Waals surface area contributed by atoms with Crippen molar-refractivity contribution in [2.45, 2.75) is 6.17 Å². The van der Waals surface area contributed by atoms with Crippen LogP contribution in [0.15, 0.2) is 24.3 Å². The maximum Gasteiger partial charge on any atom is 0.140 e. The summed E-state index contributed by atoms with van der Waals surface area (Å²) < 4.78 is 25.5. The third-order valence-corrected chi connectivity index (χ3v) is 1.45. The van der Waals surface area contributed by atoms with Gasteiger partial charge in [-0.2, -0.15) is 0 Å². The number of rotatable bonds is 2. The third kappa shape index (κ3) is 1.74. The molecule has 2 N–H and O–H groups in total. The van der Waals surface area contributed by atoms with Crippen molar-refractivity contribution in [1.29, 1.82) is 0 Å². The first-order valence-corrected chi connectivity index (χ1v) is 3.34. The molecule has 0 amide bonds. The molecular weight excluding hydrogens is 148 g/mol. The lowest BCUT2D eigenvalue weighted by molar-refractivity contribution is 0.341. The summed E-state index contributed by atoms with van der Waals surface area (Å²) in [6, 6.07) is 5.72. The molecule has 0 radical (unpaired) electrons. The molecule has 1 aromatic rings. The van der Waals surface area contributed by atoms with Gasteiger partial charge in [0, 0.05) is 12.1 Å². The molecule has 1 atom stereocenters. The predicted molar refractivity (Wildman–Crippen MR) is 39.3 cm³/mol. The number of halogens is 2. The molecule has 1 nitrogen and oxygen atoms in total. The summed E-state index contributed by atoms with van der Waals surface area (Å²) in [5.41, 5.74) is 5.07. The lowest BCUT2D eigenvalue weighted by Gasteiger charge is -2.05. The summed E-state index contributed by atoms with van der Waals surface area (Å²) in [6.45, 7) is -0.180. The molecule has 3 heteroatoms. The molecular formula is C8H9F2N. The van der Waals surface area contributed by atoms with Crippen LogP contribution in [0.1, 0.15) is 11.7 Å². The zero-order valence-electron chi connectivity index (χ0n) is 5.93. The minimum atomic E-state index is -1.39. The normalized spacial score (nSPS) is 13.0. The van der Waals surface area contributed by atoms with Gasteiger partial charge in [0.25, 0.3) is 0 Å². The highest BCUT2D eigenvalue weighted by atomic mass is 19.1. The summed E-state index contributed by atoms with van der Waals surface area (Å²) in [5.74, 6) is -0.537. The van der Waals surface area contributed by atoms with Crippen LogP contribution in [0.2, 0.25) is 0 Å². The van der Waals surface area contributed by atoms with Gasteiger partial charge in [-0.15, -0.1) is 0 Å². The highest BCUT2D eigenvalue weighted by Crippen LogP contribution is 2.18. The van der Waals surface area contributed by atoms with Crippen LogP contribution in [-0.4, -0.2) is 6.54 Å². The summed E-state index contributed by atoms with van der Waals surface area (Å²) >= 11 is 0. The fraction of sp³-hybridized carbons (Fsp3) is 0.250. The maximum absolute atomic E-state index is 12.8. The first kappa shape index (κ1) is 8.14. The Morgan fingerprint density at radius 1 is 1.36 bits per heavy atom. The molecule has 0 fully saturated rings. The molecule has 0 bridgehead atoms. The monoisotopic (exact) mass is 157 g/mol. The first-order chi connectivity index (χ1) is 5.25. The minimum Gasteiger partial charge on any atom is -0.327 e. The smallest absolute Gasteiger partial charge is 0.140 e. The molecule has 0 aliphatic carbocycles. The minimum absolute atomic E-state index is 0.0370. The maximum atomic E-state index is 12.8. The van der Waals surface area contributed by atoms with Crippen molar-refractivity contribution in [2.75, 3.05) is 6.54 Å². The van der Waals surface area contributed by atoms with Crippen molar-refractivity contribution < 1.29 is 8.78 Å². The van der Waals surface area contributed by atoms with Gasteiger partial charge in [0.15, 0.2) is 0 Å². The van der Waals surface area contributed by atoms with Crippen LogP contribution < -0.4 is 5.73 Å². The highest BCUT2D eigenvalue weighted by Gasteiger charge is 2.10. The SMILES string of the molecule is NC[C@H](F)c1ccccc1F. The van der Waals surface area contributed by atoms with E-state index in [1.807, 2.05) is 0 Å². The second-order valence-electron chi connectivity index (χ2n) is 2.22. The van der Waals surface area contributed by atoms with Gasteiger partial charge in [0.05, 0.1) is 0 Å².